The molecule has 0 radical (unpaired) electrons. The van der Waals surface area contributed by atoms with Gasteiger partial charge in [-0.2, -0.15) is 4.31 Å². The van der Waals surface area contributed by atoms with E-state index in [4.69, 9.17) is 9.47 Å². The standard InChI is InChI=1S/C17H23N3O7S/c1-12(2)18-17(23)19-15(21)11-27-16(22)13-3-5-14(6-4-13)28(24,25)20-7-9-26-10-8-20/h3-6,12H,7-11H2,1-2H3,(H2,18,19,21,23). The minimum absolute atomic E-state index is 0.0500. The Bertz CT molecular complexity index is 816. The van der Waals surface area contributed by atoms with Gasteiger partial charge in [-0.3, -0.25) is 10.1 Å². The van der Waals surface area contributed by atoms with Crippen LogP contribution in [0, 0.1) is 0 Å². The molecule has 3 amide bonds. The first kappa shape index (κ1) is 21.8. The SMILES string of the molecule is CC(C)NC(=O)NC(=O)COC(=O)c1ccc(S(=O)(=O)N2CCOCC2)cc1. The van der Waals surface area contributed by atoms with Crippen molar-refractivity contribution in [2.24, 2.45) is 0 Å². The average molecular weight is 413 g/mol. The monoisotopic (exact) mass is 413 g/mol. The maximum absolute atomic E-state index is 12.5. The van der Waals surface area contributed by atoms with E-state index in [0.29, 0.717) is 13.2 Å². The molecule has 28 heavy (non-hydrogen) atoms. The van der Waals surface area contributed by atoms with Crippen LogP contribution in [0.5, 0.6) is 0 Å². The molecule has 154 valence electrons. The van der Waals surface area contributed by atoms with Crippen molar-refractivity contribution in [3.63, 3.8) is 0 Å². The summed E-state index contributed by atoms with van der Waals surface area (Å²) in [7, 11) is -3.66. The number of sulfonamides is 1. The zero-order valence-electron chi connectivity index (χ0n) is 15.6. The number of hydrogen-bond acceptors (Lipinski definition) is 7. The van der Waals surface area contributed by atoms with E-state index in [2.05, 4.69) is 5.32 Å². The number of morpholine rings is 1. The Morgan fingerprint density at radius 3 is 2.32 bits per heavy atom. The lowest BCUT2D eigenvalue weighted by atomic mass is 10.2. The number of urea groups is 1. The van der Waals surface area contributed by atoms with Crippen molar-refractivity contribution in [2.75, 3.05) is 32.9 Å². The van der Waals surface area contributed by atoms with Gasteiger partial charge in [-0.05, 0) is 38.1 Å². The second-order valence-electron chi connectivity index (χ2n) is 6.29. The Morgan fingerprint density at radius 1 is 1.14 bits per heavy atom. The summed E-state index contributed by atoms with van der Waals surface area (Å²) in [6.45, 7) is 4.03. The highest BCUT2D eigenvalue weighted by Gasteiger charge is 2.26. The number of carbonyl (C=O) groups is 3. The second-order valence-corrected chi connectivity index (χ2v) is 8.23. The van der Waals surface area contributed by atoms with Gasteiger partial charge in [-0.25, -0.2) is 18.0 Å². The minimum Gasteiger partial charge on any atom is -0.452 e. The number of hydrogen-bond donors (Lipinski definition) is 2. The third kappa shape index (κ3) is 6.01. The van der Waals surface area contributed by atoms with Crippen molar-refractivity contribution in [2.45, 2.75) is 24.8 Å². The Balaban J connectivity index is 1.91. The zero-order valence-corrected chi connectivity index (χ0v) is 16.5. The molecule has 0 aliphatic carbocycles. The number of imide groups is 1. The molecule has 2 N–H and O–H groups in total. The predicted octanol–water partition coefficient (Wildman–Crippen LogP) is 0.0985. The van der Waals surface area contributed by atoms with Crippen molar-refractivity contribution >= 4 is 27.9 Å². The van der Waals surface area contributed by atoms with Gasteiger partial charge >= 0.3 is 12.0 Å². The molecule has 1 fully saturated rings. The quantitative estimate of drug-likeness (QED) is 0.632. The summed E-state index contributed by atoms with van der Waals surface area (Å²) in [6.07, 6.45) is 0. The molecular weight excluding hydrogens is 390 g/mol. The lowest BCUT2D eigenvalue weighted by Gasteiger charge is -2.26. The maximum atomic E-state index is 12.5. The fourth-order valence-electron chi connectivity index (χ4n) is 2.37. The van der Waals surface area contributed by atoms with Gasteiger partial charge in [0.2, 0.25) is 10.0 Å². The number of esters is 1. The lowest BCUT2D eigenvalue weighted by molar-refractivity contribution is -0.123. The molecule has 0 spiro atoms. The zero-order chi connectivity index (χ0) is 20.7. The smallest absolute Gasteiger partial charge is 0.338 e. The molecule has 1 aliphatic heterocycles. The highest BCUT2D eigenvalue weighted by Crippen LogP contribution is 2.18. The summed E-state index contributed by atoms with van der Waals surface area (Å²) in [5.74, 6) is -1.59. The number of carbonyl (C=O) groups excluding carboxylic acids is 3. The molecule has 1 aliphatic rings. The van der Waals surface area contributed by atoms with E-state index in [9.17, 15) is 22.8 Å². The topological polar surface area (TPSA) is 131 Å². The Hall–Kier alpha value is -2.50. The summed E-state index contributed by atoms with van der Waals surface area (Å²) < 4.78 is 36.3. The highest BCUT2D eigenvalue weighted by molar-refractivity contribution is 7.89. The second kappa shape index (κ2) is 9.62. The van der Waals surface area contributed by atoms with Crippen molar-refractivity contribution in [1.82, 2.24) is 14.9 Å². The van der Waals surface area contributed by atoms with Crippen LogP contribution in [0.2, 0.25) is 0 Å². The average Bonchev–Trinajstić information content (AvgIpc) is 2.66. The van der Waals surface area contributed by atoms with Crippen LogP contribution >= 0.6 is 0 Å². The first-order valence-corrected chi connectivity index (χ1v) is 10.1. The number of ether oxygens (including phenoxy) is 2. The van der Waals surface area contributed by atoms with Crippen LogP contribution in [0.25, 0.3) is 0 Å². The molecule has 11 heteroatoms. The first-order chi connectivity index (χ1) is 13.2. The van der Waals surface area contributed by atoms with Crippen molar-refractivity contribution in [1.29, 1.82) is 0 Å². The lowest BCUT2D eigenvalue weighted by Crippen LogP contribution is -2.44. The summed E-state index contributed by atoms with van der Waals surface area (Å²) in [5, 5.41) is 4.48. The van der Waals surface area contributed by atoms with E-state index >= 15 is 0 Å². The van der Waals surface area contributed by atoms with Crippen LogP contribution < -0.4 is 10.6 Å². The third-order valence-corrected chi connectivity index (χ3v) is 5.62. The summed E-state index contributed by atoms with van der Waals surface area (Å²) >= 11 is 0. The van der Waals surface area contributed by atoms with E-state index in [1.54, 1.807) is 13.8 Å². The van der Waals surface area contributed by atoms with Crippen LogP contribution in [-0.4, -0.2) is 69.6 Å². The van der Waals surface area contributed by atoms with Gasteiger partial charge in [-0.15, -0.1) is 0 Å². The van der Waals surface area contributed by atoms with Crippen molar-refractivity contribution < 1.29 is 32.3 Å². The van der Waals surface area contributed by atoms with Gasteiger partial charge in [0.1, 0.15) is 0 Å². The molecule has 0 unspecified atom stereocenters. The number of nitrogens with one attached hydrogen (secondary N) is 2. The van der Waals surface area contributed by atoms with E-state index in [0.717, 1.165) is 0 Å². The van der Waals surface area contributed by atoms with Crippen LogP contribution in [0.4, 0.5) is 4.79 Å². The van der Waals surface area contributed by atoms with Crippen LogP contribution in [-0.2, 0) is 24.3 Å². The molecule has 1 saturated heterocycles. The Labute approximate surface area is 163 Å². The Kier molecular flexibility index (Phi) is 7.49. The fourth-order valence-corrected chi connectivity index (χ4v) is 3.78. The molecular formula is C17H23N3O7S. The fraction of sp³-hybridized carbons (Fsp3) is 0.471. The first-order valence-electron chi connectivity index (χ1n) is 8.65. The van der Waals surface area contributed by atoms with Crippen molar-refractivity contribution in [3.05, 3.63) is 29.8 Å². The van der Waals surface area contributed by atoms with Crippen LogP contribution in [0.15, 0.2) is 29.2 Å². The molecule has 0 saturated carbocycles. The number of amides is 3. The molecule has 2 rings (SSSR count). The highest BCUT2D eigenvalue weighted by atomic mass is 32.2. The molecule has 0 atom stereocenters. The predicted molar refractivity (Wildman–Crippen MR) is 98.1 cm³/mol. The molecule has 0 bridgehead atoms. The van der Waals surface area contributed by atoms with Gasteiger partial charge in [0.25, 0.3) is 5.91 Å². The summed E-state index contributed by atoms with van der Waals surface area (Å²) in [6, 6.07) is 4.38. The third-order valence-electron chi connectivity index (χ3n) is 3.70. The van der Waals surface area contributed by atoms with Crippen LogP contribution in [0.1, 0.15) is 24.2 Å². The van der Waals surface area contributed by atoms with Gasteiger partial charge in [0, 0.05) is 19.1 Å². The largest absolute Gasteiger partial charge is 0.452 e. The van der Waals surface area contributed by atoms with E-state index in [-0.39, 0.29) is 29.6 Å². The molecule has 1 aromatic rings. The van der Waals surface area contributed by atoms with Gasteiger partial charge in [-0.1, -0.05) is 0 Å². The van der Waals surface area contributed by atoms with E-state index < -0.39 is 34.5 Å². The van der Waals surface area contributed by atoms with Crippen molar-refractivity contribution in [3.8, 4) is 0 Å². The number of nitrogens with zero attached hydrogens (tertiary/aromatic N) is 1. The minimum atomic E-state index is -3.66. The van der Waals surface area contributed by atoms with Gasteiger partial charge in [0.05, 0.1) is 23.7 Å². The van der Waals surface area contributed by atoms with E-state index in [1.165, 1.54) is 28.6 Å². The van der Waals surface area contributed by atoms with Gasteiger partial charge < -0.3 is 14.8 Å². The molecule has 10 nitrogen and oxygen atoms in total. The Morgan fingerprint density at radius 2 is 1.75 bits per heavy atom. The number of rotatable bonds is 6. The number of benzene rings is 1. The normalized spacial score (nSPS) is 15.1. The summed E-state index contributed by atoms with van der Waals surface area (Å²) in [5.41, 5.74) is 0.0837. The molecule has 0 aromatic heterocycles. The molecule has 1 heterocycles. The maximum Gasteiger partial charge on any atom is 0.338 e. The van der Waals surface area contributed by atoms with Gasteiger partial charge in [0.15, 0.2) is 6.61 Å². The summed E-state index contributed by atoms with van der Waals surface area (Å²) in [4.78, 5) is 35.0. The van der Waals surface area contributed by atoms with Crippen LogP contribution in [0.3, 0.4) is 0 Å². The molecule has 1 aromatic carbocycles. The van der Waals surface area contributed by atoms with E-state index in [1.807, 2.05) is 5.32 Å².